The van der Waals surface area contributed by atoms with Gasteiger partial charge in [-0.3, -0.25) is 0 Å². The molecule has 1 aliphatic heterocycles. The molecule has 0 radical (unpaired) electrons. The number of ether oxygens (including phenoxy) is 1. The van der Waals surface area contributed by atoms with Gasteiger partial charge in [-0.2, -0.15) is 0 Å². The maximum absolute atomic E-state index is 6.02. The molecule has 3 rings (SSSR count). The van der Waals surface area contributed by atoms with E-state index in [1.807, 2.05) is 13.0 Å². The van der Waals surface area contributed by atoms with Crippen LogP contribution in [0.3, 0.4) is 0 Å². The molecular weight excluding hydrogens is 262 g/mol. The number of hydrogen-bond acceptors (Lipinski definition) is 4. The number of hydrogen-bond donors (Lipinski definition) is 1. The lowest BCUT2D eigenvalue weighted by atomic mass is 10.0. The molecular formula is C17H23N3O. The molecule has 112 valence electrons. The monoisotopic (exact) mass is 285 g/mol. The highest BCUT2D eigenvalue weighted by atomic mass is 16.5. The van der Waals surface area contributed by atoms with Crippen LogP contribution in [0.2, 0.25) is 0 Å². The van der Waals surface area contributed by atoms with Crippen molar-refractivity contribution in [2.45, 2.75) is 32.4 Å². The second kappa shape index (κ2) is 6.00. The molecule has 2 aromatic rings. The number of morpholine rings is 1. The molecule has 0 aliphatic carbocycles. The summed E-state index contributed by atoms with van der Waals surface area (Å²) < 4.78 is 5.64. The van der Waals surface area contributed by atoms with Crippen molar-refractivity contribution < 1.29 is 4.74 Å². The molecule has 1 fully saturated rings. The highest BCUT2D eigenvalue weighted by Gasteiger charge is 2.21. The fourth-order valence-electron chi connectivity index (χ4n) is 2.93. The van der Waals surface area contributed by atoms with Crippen LogP contribution in [0.4, 0.5) is 5.82 Å². The minimum atomic E-state index is 0.130. The molecule has 0 saturated carbocycles. The Morgan fingerprint density at radius 1 is 1.43 bits per heavy atom. The van der Waals surface area contributed by atoms with Gasteiger partial charge >= 0.3 is 0 Å². The normalized spacial score (nSPS) is 20.7. The number of benzene rings is 1. The highest BCUT2D eigenvalue weighted by Crippen LogP contribution is 2.26. The van der Waals surface area contributed by atoms with Crippen LogP contribution in [-0.2, 0) is 11.2 Å². The number of anilines is 1. The van der Waals surface area contributed by atoms with Crippen LogP contribution in [0, 0.1) is 0 Å². The molecule has 2 heterocycles. The first kappa shape index (κ1) is 14.3. The smallest absolute Gasteiger partial charge is 0.132 e. The highest BCUT2D eigenvalue weighted by molar-refractivity contribution is 5.82. The van der Waals surface area contributed by atoms with Gasteiger partial charge in [-0.1, -0.05) is 18.2 Å². The van der Waals surface area contributed by atoms with Crippen molar-refractivity contribution in [3.8, 4) is 0 Å². The molecule has 2 N–H and O–H groups in total. The Morgan fingerprint density at radius 3 is 3.00 bits per heavy atom. The third kappa shape index (κ3) is 3.17. The van der Waals surface area contributed by atoms with Gasteiger partial charge in [0.25, 0.3) is 0 Å². The molecule has 0 amide bonds. The van der Waals surface area contributed by atoms with Gasteiger partial charge in [0.05, 0.1) is 18.2 Å². The number of pyridine rings is 1. The third-order valence-electron chi connectivity index (χ3n) is 3.86. The Labute approximate surface area is 125 Å². The van der Waals surface area contributed by atoms with E-state index in [0.717, 1.165) is 37.5 Å². The summed E-state index contributed by atoms with van der Waals surface area (Å²) in [5.74, 6) is 1.07. The largest absolute Gasteiger partial charge is 0.375 e. The van der Waals surface area contributed by atoms with Crippen molar-refractivity contribution >= 4 is 16.7 Å². The maximum atomic E-state index is 6.02. The van der Waals surface area contributed by atoms with Crippen LogP contribution in [0.15, 0.2) is 30.3 Å². The molecule has 2 atom stereocenters. The van der Waals surface area contributed by atoms with E-state index in [-0.39, 0.29) is 12.1 Å². The van der Waals surface area contributed by atoms with Crippen molar-refractivity contribution in [3.05, 3.63) is 35.9 Å². The van der Waals surface area contributed by atoms with E-state index in [0.29, 0.717) is 0 Å². The van der Waals surface area contributed by atoms with Crippen molar-refractivity contribution in [3.63, 3.8) is 0 Å². The Kier molecular flexibility index (Phi) is 4.08. The standard InChI is InChI=1S/C17H23N3O/c1-12(18)9-15-10-14-5-3-4-6-16(14)19-17(15)20-7-8-21-13(2)11-20/h3-6,10,12-13H,7-9,11,18H2,1-2H3. The predicted molar refractivity (Wildman–Crippen MR) is 86.7 cm³/mol. The zero-order valence-corrected chi connectivity index (χ0v) is 12.7. The summed E-state index contributed by atoms with van der Waals surface area (Å²) in [6, 6.07) is 10.6. The molecule has 2 unspecified atom stereocenters. The zero-order chi connectivity index (χ0) is 14.8. The second-order valence-corrected chi connectivity index (χ2v) is 5.97. The van der Waals surface area contributed by atoms with Gasteiger partial charge in [0, 0.05) is 24.5 Å². The Balaban J connectivity index is 2.04. The SMILES string of the molecule is CC(N)Cc1cc2ccccc2nc1N1CCOC(C)C1. The third-order valence-corrected chi connectivity index (χ3v) is 3.86. The predicted octanol–water partition coefficient (Wildman–Crippen LogP) is 2.35. The van der Waals surface area contributed by atoms with Gasteiger partial charge in [0.15, 0.2) is 0 Å². The van der Waals surface area contributed by atoms with Crippen molar-refractivity contribution in [2.24, 2.45) is 5.73 Å². The van der Waals surface area contributed by atoms with Crippen LogP contribution in [0.5, 0.6) is 0 Å². The number of para-hydroxylation sites is 1. The summed E-state index contributed by atoms with van der Waals surface area (Å²) in [4.78, 5) is 7.23. The van der Waals surface area contributed by atoms with E-state index in [1.54, 1.807) is 0 Å². The quantitative estimate of drug-likeness (QED) is 0.940. The lowest BCUT2D eigenvalue weighted by Crippen LogP contribution is -2.42. The van der Waals surface area contributed by atoms with Gasteiger partial charge in [-0.25, -0.2) is 4.98 Å². The minimum absolute atomic E-state index is 0.130. The fraction of sp³-hybridized carbons (Fsp3) is 0.471. The summed E-state index contributed by atoms with van der Waals surface area (Å²) in [6.07, 6.45) is 1.09. The van der Waals surface area contributed by atoms with Crippen LogP contribution in [0.25, 0.3) is 10.9 Å². The van der Waals surface area contributed by atoms with Crippen LogP contribution >= 0.6 is 0 Å². The molecule has 21 heavy (non-hydrogen) atoms. The topological polar surface area (TPSA) is 51.4 Å². The Bertz CT molecular complexity index is 626. The number of nitrogens with zero attached hydrogens (tertiary/aromatic N) is 2. The number of fused-ring (bicyclic) bond motifs is 1. The van der Waals surface area contributed by atoms with E-state index in [1.165, 1.54) is 10.9 Å². The first-order valence-electron chi connectivity index (χ1n) is 7.64. The second-order valence-electron chi connectivity index (χ2n) is 5.97. The van der Waals surface area contributed by atoms with Gasteiger partial charge in [0.2, 0.25) is 0 Å². The molecule has 1 aromatic carbocycles. The summed E-state index contributed by atoms with van der Waals surface area (Å²) in [6.45, 7) is 6.69. The Hall–Kier alpha value is -1.65. The van der Waals surface area contributed by atoms with E-state index in [9.17, 15) is 0 Å². The molecule has 1 aromatic heterocycles. The van der Waals surface area contributed by atoms with Gasteiger partial charge < -0.3 is 15.4 Å². The first-order chi connectivity index (χ1) is 10.1. The number of aromatic nitrogens is 1. The fourth-order valence-corrected chi connectivity index (χ4v) is 2.93. The van der Waals surface area contributed by atoms with E-state index in [4.69, 9.17) is 15.5 Å². The first-order valence-corrected chi connectivity index (χ1v) is 7.64. The van der Waals surface area contributed by atoms with Crippen molar-refractivity contribution in [2.75, 3.05) is 24.6 Å². The van der Waals surface area contributed by atoms with Crippen LogP contribution in [0.1, 0.15) is 19.4 Å². The summed E-state index contributed by atoms with van der Waals surface area (Å²) >= 11 is 0. The lowest BCUT2D eigenvalue weighted by Gasteiger charge is -2.33. The summed E-state index contributed by atoms with van der Waals surface area (Å²) in [5.41, 5.74) is 8.30. The number of nitrogens with two attached hydrogens (primary N) is 1. The van der Waals surface area contributed by atoms with E-state index in [2.05, 4.69) is 36.1 Å². The van der Waals surface area contributed by atoms with Crippen molar-refractivity contribution in [1.29, 1.82) is 0 Å². The molecule has 4 nitrogen and oxygen atoms in total. The van der Waals surface area contributed by atoms with Crippen LogP contribution < -0.4 is 10.6 Å². The lowest BCUT2D eigenvalue weighted by molar-refractivity contribution is 0.0529. The maximum Gasteiger partial charge on any atom is 0.132 e. The molecule has 0 spiro atoms. The Morgan fingerprint density at radius 2 is 2.24 bits per heavy atom. The average molecular weight is 285 g/mol. The molecule has 1 aliphatic rings. The van der Waals surface area contributed by atoms with E-state index < -0.39 is 0 Å². The number of rotatable bonds is 3. The average Bonchev–Trinajstić information content (AvgIpc) is 2.46. The van der Waals surface area contributed by atoms with E-state index >= 15 is 0 Å². The van der Waals surface area contributed by atoms with Crippen LogP contribution in [-0.4, -0.2) is 36.8 Å². The molecule has 1 saturated heterocycles. The molecule has 0 bridgehead atoms. The summed E-state index contributed by atoms with van der Waals surface area (Å²) in [5, 5.41) is 1.18. The van der Waals surface area contributed by atoms with Gasteiger partial charge in [-0.15, -0.1) is 0 Å². The van der Waals surface area contributed by atoms with Crippen molar-refractivity contribution in [1.82, 2.24) is 4.98 Å². The summed E-state index contributed by atoms with van der Waals surface area (Å²) in [7, 11) is 0. The van der Waals surface area contributed by atoms with Gasteiger partial charge in [0.1, 0.15) is 5.82 Å². The van der Waals surface area contributed by atoms with Gasteiger partial charge in [-0.05, 0) is 38.0 Å². The minimum Gasteiger partial charge on any atom is -0.375 e. The zero-order valence-electron chi connectivity index (χ0n) is 12.7. The molecule has 4 heteroatoms.